The Balaban J connectivity index is 1.68. The monoisotopic (exact) mass is 355 g/mol. The van der Waals surface area contributed by atoms with Gasteiger partial charge >= 0.3 is 0 Å². The number of rotatable bonds is 6. The van der Waals surface area contributed by atoms with Gasteiger partial charge in [-0.1, -0.05) is 49.9 Å². The number of hydrogen-bond donors (Lipinski definition) is 0. The third-order valence-corrected chi connectivity index (χ3v) is 5.19. The summed E-state index contributed by atoms with van der Waals surface area (Å²) < 4.78 is 7.21. The van der Waals surface area contributed by atoms with Crippen molar-refractivity contribution >= 4 is 17.5 Å². The van der Waals surface area contributed by atoms with Crippen LogP contribution in [-0.2, 0) is 7.05 Å². The summed E-state index contributed by atoms with van der Waals surface area (Å²) in [5, 5.41) is 9.13. The molecule has 3 aromatic rings. The van der Waals surface area contributed by atoms with E-state index < -0.39 is 0 Å². The minimum absolute atomic E-state index is 0.0874. The average molecular weight is 355 g/mol. The second-order valence-electron chi connectivity index (χ2n) is 6.24. The van der Waals surface area contributed by atoms with Crippen LogP contribution in [0.15, 0.2) is 46.2 Å². The van der Waals surface area contributed by atoms with Crippen LogP contribution >= 0.6 is 11.8 Å². The van der Waals surface area contributed by atoms with Gasteiger partial charge in [-0.05, 0) is 24.5 Å². The van der Waals surface area contributed by atoms with E-state index in [4.69, 9.17) is 4.42 Å². The lowest BCUT2D eigenvalue weighted by molar-refractivity contribution is 0.102. The van der Waals surface area contributed by atoms with Gasteiger partial charge in [0, 0.05) is 12.6 Å². The van der Waals surface area contributed by atoms with E-state index in [-0.39, 0.29) is 5.78 Å². The van der Waals surface area contributed by atoms with Gasteiger partial charge in [0.2, 0.25) is 0 Å². The number of aromatic nitrogens is 3. The maximum absolute atomic E-state index is 12.4. The average Bonchev–Trinajstić information content (AvgIpc) is 3.18. The molecular weight excluding hydrogens is 334 g/mol. The fourth-order valence-corrected chi connectivity index (χ4v) is 3.36. The van der Waals surface area contributed by atoms with Crippen LogP contribution in [0.1, 0.15) is 41.4 Å². The normalized spacial score (nSPS) is 11.2. The third-order valence-electron chi connectivity index (χ3n) is 4.17. The molecule has 0 saturated carbocycles. The Labute approximate surface area is 151 Å². The molecule has 0 N–H and O–H groups in total. The molecule has 25 heavy (non-hydrogen) atoms. The largest absolute Gasteiger partial charge is 0.469 e. The molecule has 2 heterocycles. The zero-order valence-corrected chi connectivity index (χ0v) is 15.6. The van der Waals surface area contributed by atoms with E-state index in [0.29, 0.717) is 16.8 Å². The highest BCUT2D eigenvalue weighted by atomic mass is 32.2. The van der Waals surface area contributed by atoms with E-state index in [1.54, 1.807) is 6.26 Å². The molecule has 0 bridgehead atoms. The van der Waals surface area contributed by atoms with Crippen LogP contribution in [0.2, 0.25) is 0 Å². The minimum atomic E-state index is 0.0874. The van der Waals surface area contributed by atoms with Crippen LogP contribution in [0.25, 0.3) is 11.4 Å². The molecule has 5 nitrogen and oxygen atoms in total. The number of ketones is 1. The number of carbonyl (C=O) groups excluding carboxylic acids is 1. The molecule has 0 aliphatic carbocycles. The molecule has 0 radical (unpaired) electrons. The van der Waals surface area contributed by atoms with E-state index in [2.05, 4.69) is 24.0 Å². The van der Waals surface area contributed by atoms with Gasteiger partial charge in [0.05, 0.1) is 17.6 Å². The van der Waals surface area contributed by atoms with Gasteiger partial charge in [0.1, 0.15) is 5.76 Å². The molecule has 0 aliphatic rings. The molecule has 0 saturated heterocycles. The van der Waals surface area contributed by atoms with Gasteiger partial charge in [-0.15, -0.1) is 10.2 Å². The lowest BCUT2D eigenvalue weighted by atomic mass is 10.0. The van der Waals surface area contributed by atoms with Crippen molar-refractivity contribution in [1.82, 2.24) is 14.8 Å². The molecule has 6 heteroatoms. The smallest absolute Gasteiger partial charge is 0.191 e. The van der Waals surface area contributed by atoms with E-state index >= 15 is 0 Å². The summed E-state index contributed by atoms with van der Waals surface area (Å²) in [5.41, 5.74) is 2.88. The van der Waals surface area contributed by atoms with E-state index in [9.17, 15) is 4.79 Å². The number of benzene rings is 1. The number of furan rings is 1. The van der Waals surface area contributed by atoms with Crippen LogP contribution in [0, 0.1) is 6.92 Å². The van der Waals surface area contributed by atoms with Gasteiger partial charge in [0.25, 0.3) is 0 Å². The highest BCUT2D eigenvalue weighted by Crippen LogP contribution is 2.26. The Morgan fingerprint density at radius 3 is 2.52 bits per heavy atom. The van der Waals surface area contributed by atoms with Crippen LogP contribution < -0.4 is 0 Å². The van der Waals surface area contributed by atoms with Crippen molar-refractivity contribution in [3.05, 3.63) is 53.5 Å². The highest BCUT2D eigenvalue weighted by Gasteiger charge is 2.16. The molecule has 0 unspecified atom stereocenters. The summed E-state index contributed by atoms with van der Waals surface area (Å²) >= 11 is 1.39. The van der Waals surface area contributed by atoms with Gasteiger partial charge < -0.3 is 8.98 Å². The quantitative estimate of drug-likeness (QED) is 0.482. The summed E-state index contributed by atoms with van der Waals surface area (Å²) in [5.74, 6) is 2.42. The van der Waals surface area contributed by atoms with Gasteiger partial charge in [-0.25, -0.2) is 0 Å². The van der Waals surface area contributed by atoms with Crippen molar-refractivity contribution in [3.63, 3.8) is 0 Å². The molecule has 0 spiro atoms. The molecule has 0 atom stereocenters. The molecule has 0 aliphatic heterocycles. The lowest BCUT2D eigenvalue weighted by Gasteiger charge is -2.06. The van der Waals surface area contributed by atoms with Crippen molar-refractivity contribution in [3.8, 4) is 11.4 Å². The number of carbonyl (C=O) groups is 1. The van der Waals surface area contributed by atoms with Crippen molar-refractivity contribution < 1.29 is 9.21 Å². The molecule has 3 rings (SSSR count). The summed E-state index contributed by atoms with van der Waals surface area (Å²) in [6, 6.07) is 9.70. The van der Waals surface area contributed by atoms with E-state index in [1.807, 2.05) is 48.9 Å². The fraction of sp³-hybridized carbons (Fsp3) is 0.316. The number of aryl methyl sites for hydroxylation is 1. The predicted molar refractivity (Wildman–Crippen MR) is 99.0 cm³/mol. The zero-order valence-electron chi connectivity index (χ0n) is 14.8. The first kappa shape index (κ1) is 17.5. The number of Topliss-reactive ketones (excluding diaryl/α,β-unsaturated/α-hetero) is 1. The molecule has 0 fully saturated rings. The Morgan fingerprint density at radius 2 is 1.92 bits per heavy atom. The predicted octanol–water partition coefficient (Wildman–Crippen LogP) is 4.48. The second kappa shape index (κ2) is 7.27. The molecule has 0 amide bonds. The van der Waals surface area contributed by atoms with Crippen molar-refractivity contribution in [2.75, 3.05) is 5.75 Å². The first-order chi connectivity index (χ1) is 12.0. The zero-order chi connectivity index (χ0) is 18.0. The van der Waals surface area contributed by atoms with E-state index in [0.717, 1.165) is 22.7 Å². The first-order valence-corrected chi connectivity index (χ1v) is 9.15. The Kier molecular flexibility index (Phi) is 5.08. The molecule has 1 aromatic carbocycles. The minimum Gasteiger partial charge on any atom is -0.469 e. The summed E-state index contributed by atoms with van der Waals surface area (Å²) in [7, 11) is 1.89. The summed E-state index contributed by atoms with van der Waals surface area (Å²) in [4.78, 5) is 12.4. The Morgan fingerprint density at radius 1 is 1.20 bits per heavy atom. The standard InChI is InChI=1S/C19H21N3O2S/c1-12(2)14-5-7-15(8-6-14)17(23)11-25-19-21-20-18(22(19)4)16-9-10-24-13(16)3/h5-10,12H,11H2,1-4H3. The lowest BCUT2D eigenvalue weighted by Crippen LogP contribution is -2.04. The first-order valence-electron chi connectivity index (χ1n) is 8.17. The van der Waals surface area contributed by atoms with Gasteiger partial charge in [-0.2, -0.15) is 0 Å². The molecular formula is C19H21N3O2S. The van der Waals surface area contributed by atoms with Crippen LogP contribution in [0.5, 0.6) is 0 Å². The highest BCUT2D eigenvalue weighted by molar-refractivity contribution is 7.99. The SMILES string of the molecule is Cc1occc1-c1nnc(SCC(=O)c2ccc(C(C)C)cc2)n1C. The Hall–Kier alpha value is -2.34. The van der Waals surface area contributed by atoms with Crippen molar-refractivity contribution in [2.45, 2.75) is 31.8 Å². The van der Waals surface area contributed by atoms with E-state index in [1.165, 1.54) is 17.3 Å². The summed E-state index contributed by atoms with van der Waals surface area (Å²) in [6.07, 6.45) is 1.64. The summed E-state index contributed by atoms with van der Waals surface area (Å²) in [6.45, 7) is 6.17. The fourth-order valence-electron chi connectivity index (χ4n) is 2.56. The van der Waals surface area contributed by atoms with Gasteiger partial charge in [-0.3, -0.25) is 4.79 Å². The van der Waals surface area contributed by atoms with Crippen molar-refractivity contribution in [1.29, 1.82) is 0 Å². The third kappa shape index (κ3) is 3.69. The molecule has 130 valence electrons. The number of nitrogens with zero attached hydrogens (tertiary/aromatic N) is 3. The van der Waals surface area contributed by atoms with Crippen LogP contribution in [-0.4, -0.2) is 26.3 Å². The van der Waals surface area contributed by atoms with Crippen molar-refractivity contribution in [2.24, 2.45) is 7.05 Å². The van der Waals surface area contributed by atoms with Crippen LogP contribution in [0.3, 0.4) is 0 Å². The molecule has 2 aromatic heterocycles. The van der Waals surface area contributed by atoms with Gasteiger partial charge in [0.15, 0.2) is 16.8 Å². The topological polar surface area (TPSA) is 60.9 Å². The Bertz CT molecular complexity index is 878. The second-order valence-corrected chi connectivity index (χ2v) is 7.19. The maximum atomic E-state index is 12.4. The number of hydrogen-bond acceptors (Lipinski definition) is 5. The number of thioether (sulfide) groups is 1. The van der Waals surface area contributed by atoms with Crippen LogP contribution in [0.4, 0.5) is 0 Å². The maximum Gasteiger partial charge on any atom is 0.191 e.